The summed E-state index contributed by atoms with van der Waals surface area (Å²) in [6.07, 6.45) is 3.81. The van der Waals surface area contributed by atoms with Crippen molar-refractivity contribution >= 4 is 22.3 Å². The molecular weight excluding hydrogens is 271 g/mol. The van der Waals surface area contributed by atoms with E-state index in [1.165, 1.54) is 12.1 Å². The van der Waals surface area contributed by atoms with E-state index in [-0.39, 0.29) is 35.9 Å². The van der Waals surface area contributed by atoms with Crippen molar-refractivity contribution in [1.82, 2.24) is 0 Å². The molecule has 0 aliphatic rings. The quantitative estimate of drug-likeness (QED) is 0.498. The van der Waals surface area contributed by atoms with Gasteiger partial charge in [-0.3, -0.25) is 4.55 Å². The second-order valence-corrected chi connectivity index (χ2v) is 5.21. The molecule has 0 amide bonds. The molecule has 0 unspecified atom stereocenters. The molecule has 5 heteroatoms. The number of benzene rings is 2. The van der Waals surface area contributed by atoms with Crippen LogP contribution >= 0.6 is 0 Å². The molecule has 3 nitrogen and oxygen atoms in total. The van der Waals surface area contributed by atoms with Crippen LogP contribution in [0.1, 0.15) is 12.6 Å². The Morgan fingerprint density at radius 2 is 1.32 bits per heavy atom. The van der Waals surface area contributed by atoms with Gasteiger partial charge in [0, 0.05) is 0 Å². The van der Waals surface area contributed by atoms with Crippen LogP contribution < -0.4 is 29.6 Å². The van der Waals surface area contributed by atoms with Crippen molar-refractivity contribution in [3.63, 3.8) is 0 Å². The summed E-state index contributed by atoms with van der Waals surface area (Å²) >= 11 is 0. The third kappa shape index (κ3) is 4.93. The molecule has 0 saturated carbocycles. The normalized spacial score (nSPS) is 11.2. The fourth-order valence-corrected chi connectivity index (χ4v) is 1.99. The predicted octanol–water partition coefficient (Wildman–Crippen LogP) is 0.220. The minimum atomic E-state index is -4.11. The van der Waals surface area contributed by atoms with Crippen LogP contribution in [0, 0.1) is 0 Å². The van der Waals surface area contributed by atoms with Gasteiger partial charge in [-0.2, -0.15) is 8.42 Å². The molecule has 1 N–H and O–H groups in total. The Kier molecular flexibility index (Phi) is 5.97. The van der Waals surface area contributed by atoms with Crippen LogP contribution in [-0.2, 0) is 10.1 Å². The minimum Gasteiger partial charge on any atom is -1.00 e. The van der Waals surface area contributed by atoms with E-state index >= 15 is 0 Å². The van der Waals surface area contributed by atoms with Crippen molar-refractivity contribution in [1.29, 1.82) is 0 Å². The van der Waals surface area contributed by atoms with E-state index in [0.29, 0.717) is 0 Å². The predicted molar refractivity (Wildman–Crippen MR) is 72.7 cm³/mol. The van der Waals surface area contributed by atoms with E-state index in [2.05, 4.69) is 0 Å². The average molecular weight is 284 g/mol. The van der Waals surface area contributed by atoms with Gasteiger partial charge in [0.15, 0.2) is 0 Å². The summed E-state index contributed by atoms with van der Waals surface area (Å²) in [6.45, 7) is 0. The van der Waals surface area contributed by atoms with E-state index in [0.717, 1.165) is 11.1 Å². The van der Waals surface area contributed by atoms with Crippen LogP contribution in [0.3, 0.4) is 0 Å². The third-order valence-corrected chi connectivity index (χ3v) is 3.31. The van der Waals surface area contributed by atoms with Crippen molar-refractivity contribution in [3.05, 3.63) is 65.7 Å². The molecule has 0 fully saturated rings. The summed E-state index contributed by atoms with van der Waals surface area (Å²) in [4.78, 5) is -0.0978. The van der Waals surface area contributed by atoms with Crippen LogP contribution in [0.4, 0.5) is 0 Å². The fourth-order valence-electron chi connectivity index (χ4n) is 1.51. The maximum Gasteiger partial charge on any atom is 1.00 e. The molecule has 0 aromatic heterocycles. The zero-order valence-electron chi connectivity index (χ0n) is 11.5. The SMILES string of the molecule is O=S(=O)(O)c1ccc(C=Cc2ccccc2)cc1.[H-].[Na+]. The zero-order chi connectivity index (χ0) is 13.0. The van der Waals surface area contributed by atoms with Gasteiger partial charge in [-0.15, -0.1) is 0 Å². The summed E-state index contributed by atoms with van der Waals surface area (Å²) < 4.78 is 30.6. The van der Waals surface area contributed by atoms with Gasteiger partial charge in [-0.25, -0.2) is 0 Å². The van der Waals surface area contributed by atoms with Crippen molar-refractivity contribution in [2.24, 2.45) is 0 Å². The standard InChI is InChI=1S/C14H12O3S.Na.H/c15-18(16,17)14-10-8-13(9-11-14)7-6-12-4-2-1-3-5-12;;/h1-11H,(H,15,16,17);;/q;+1;-1. The monoisotopic (exact) mass is 284 g/mol. The first-order valence-electron chi connectivity index (χ1n) is 5.36. The van der Waals surface area contributed by atoms with Crippen molar-refractivity contribution in [3.8, 4) is 0 Å². The molecule has 0 aliphatic heterocycles. The molecule has 19 heavy (non-hydrogen) atoms. The second kappa shape index (κ2) is 7.03. The Morgan fingerprint density at radius 3 is 1.79 bits per heavy atom. The van der Waals surface area contributed by atoms with Crippen molar-refractivity contribution in [2.45, 2.75) is 4.90 Å². The summed E-state index contributed by atoms with van der Waals surface area (Å²) in [5.41, 5.74) is 1.93. The second-order valence-electron chi connectivity index (χ2n) is 3.79. The van der Waals surface area contributed by atoms with E-state index < -0.39 is 10.1 Å². The van der Waals surface area contributed by atoms with Crippen LogP contribution in [0.25, 0.3) is 12.2 Å². The van der Waals surface area contributed by atoms with E-state index in [1.54, 1.807) is 12.1 Å². The van der Waals surface area contributed by atoms with Crippen molar-refractivity contribution < 1.29 is 44.0 Å². The molecule has 94 valence electrons. The molecule has 0 atom stereocenters. The molecule has 0 bridgehead atoms. The van der Waals surface area contributed by atoms with Crippen LogP contribution in [0.15, 0.2) is 59.5 Å². The summed E-state index contributed by atoms with van der Waals surface area (Å²) in [5, 5.41) is 0. The van der Waals surface area contributed by atoms with Gasteiger partial charge < -0.3 is 1.43 Å². The Morgan fingerprint density at radius 1 is 0.842 bits per heavy atom. The van der Waals surface area contributed by atoms with Gasteiger partial charge in [-0.05, 0) is 23.3 Å². The first kappa shape index (κ1) is 16.1. The van der Waals surface area contributed by atoms with Gasteiger partial charge in [0.05, 0.1) is 4.90 Å². The maximum absolute atomic E-state index is 10.9. The van der Waals surface area contributed by atoms with E-state index in [9.17, 15) is 8.42 Å². The summed E-state index contributed by atoms with van der Waals surface area (Å²) in [5.74, 6) is 0. The third-order valence-electron chi connectivity index (χ3n) is 2.45. The Hall–Kier alpha value is -0.910. The molecule has 0 aliphatic carbocycles. The summed E-state index contributed by atoms with van der Waals surface area (Å²) in [7, 11) is -4.11. The van der Waals surface area contributed by atoms with Gasteiger partial charge in [0.25, 0.3) is 10.1 Å². The molecule has 0 radical (unpaired) electrons. The Bertz CT molecular complexity index is 653. The van der Waals surface area contributed by atoms with Crippen molar-refractivity contribution in [2.75, 3.05) is 0 Å². The van der Waals surface area contributed by atoms with Crippen LogP contribution in [0.2, 0.25) is 0 Å². The van der Waals surface area contributed by atoms with Gasteiger partial charge in [0.2, 0.25) is 0 Å². The Labute approximate surface area is 136 Å². The average Bonchev–Trinajstić information content (AvgIpc) is 2.37. The van der Waals surface area contributed by atoms with E-state index in [4.69, 9.17) is 4.55 Å². The first-order chi connectivity index (χ1) is 8.55. The fraction of sp³-hybridized carbons (Fsp3) is 0. The Balaban J connectivity index is 0.00000180. The molecule has 0 heterocycles. The number of rotatable bonds is 3. The molecule has 2 rings (SSSR count). The topological polar surface area (TPSA) is 54.4 Å². The maximum atomic E-state index is 10.9. The summed E-state index contributed by atoms with van der Waals surface area (Å²) in [6, 6.07) is 15.8. The number of hydrogen-bond acceptors (Lipinski definition) is 2. The van der Waals surface area contributed by atoms with Gasteiger partial charge in [0.1, 0.15) is 0 Å². The number of hydrogen-bond donors (Lipinski definition) is 1. The van der Waals surface area contributed by atoms with Gasteiger partial charge in [-0.1, -0.05) is 54.6 Å². The van der Waals surface area contributed by atoms with E-state index in [1.807, 2.05) is 42.5 Å². The molecular formula is C14H13NaO3S. The smallest absolute Gasteiger partial charge is 1.00 e. The largest absolute Gasteiger partial charge is 1.00 e. The van der Waals surface area contributed by atoms with Crippen LogP contribution in [-0.4, -0.2) is 13.0 Å². The molecule has 2 aromatic rings. The molecule has 0 spiro atoms. The van der Waals surface area contributed by atoms with Gasteiger partial charge >= 0.3 is 29.6 Å². The zero-order valence-corrected chi connectivity index (χ0v) is 13.3. The molecule has 0 saturated heterocycles. The first-order valence-corrected chi connectivity index (χ1v) is 6.80. The minimum absolute atomic E-state index is 0. The van der Waals surface area contributed by atoms with Crippen LogP contribution in [0.5, 0.6) is 0 Å². The molecule has 2 aromatic carbocycles.